The van der Waals surface area contributed by atoms with Crippen LogP contribution in [-0.4, -0.2) is 25.1 Å². The number of rotatable bonds is 10. The predicted octanol–water partition coefficient (Wildman–Crippen LogP) is 4.86. The van der Waals surface area contributed by atoms with Crippen molar-refractivity contribution in [2.24, 2.45) is 0 Å². The number of hydrogen-bond donors (Lipinski definition) is 2. The van der Waals surface area contributed by atoms with Crippen LogP contribution in [0.25, 0.3) is 6.08 Å². The summed E-state index contributed by atoms with van der Waals surface area (Å²) in [6.45, 7) is 3.34. The second-order valence-electron chi connectivity index (χ2n) is 7.59. The standard InChI is InChI=1S/C26H27N3O5/c1-18-14-21(15-24(33-2)26(18)34-3)17-27-16-20-10-8-19(9-11-20)12-13-25(30)28-22-6-4-5-7-23(22)29(31)32/h4-15,27H,16-17H2,1-3H3,(H,28,30)/b13-12+. The molecular weight excluding hydrogens is 434 g/mol. The van der Waals surface area contributed by atoms with E-state index in [0.717, 1.165) is 28.0 Å². The summed E-state index contributed by atoms with van der Waals surface area (Å²) < 4.78 is 10.8. The van der Waals surface area contributed by atoms with Crippen LogP contribution in [0.1, 0.15) is 22.3 Å². The minimum Gasteiger partial charge on any atom is -0.493 e. The number of nitro benzene ring substituents is 1. The molecule has 0 bridgehead atoms. The zero-order valence-electron chi connectivity index (χ0n) is 19.3. The predicted molar refractivity (Wildman–Crippen MR) is 132 cm³/mol. The van der Waals surface area contributed by atoms with Crippen LogP contribution in [0.15, 0.2) is 66.7 Å². The maximum absolute atomic E-state index is 12.2. The number of benzene rings is 3. The molecule has 8 heteroatoms. The van der Waals surface area contributed by atoms with Crippen LogP contribution in [-0.2, 0) is 17.9 Å². The highest BCUT2D eigenvalue weighted by Crippen LogP contribution is 2.32. The largest absolute Gasteiger partial charge is 0.493 e. The SMILES string of the molecule is COc1cc(CNCc2ccc(/C=C/C(=O)Nc3ccccc3[N+](=O)[O-])cc2)cc(C)c1OC. The van der Waals surface area contributed by atoms with E-state index < -0.39 is 10.8 Å². The summed E-state index contributed by atoms with van der Waals surface area (Å²) in [6.07, 6.45) is 3.01. The maximum atomic E-state index is 12.2. The van der Waals surface area contributed by atoms with Crippen LogP contribution in [0.5, 0.6) is 11.5 Å². The van der Waals surface area contributed by atoms with Gasteiger partial charge in [0.25, 0.3) is 5.69 Å². The first-order valence-electron chi connectivity index (χ1n) is 10.6. The Morgan fingerprint density at radius 1 is 1.00 bits per heavy atom. The summed E-state index contributed by atoms with van der Waals surface area (Å²) in [7, 11) is 3.25. The molecular formula is C26H27N3O5. The van der Waals surface area contributed by atoms with Crippen molar-refractivity contribution in [2.75, 3.05) is 19.5 Å². The molecule has 0 aromatic heterocycles. The molecule has 8 nitrogen and oxygen atoms in total. The molecule has 1 amide bonds. The Morgan fingerprint density at radius 2 is 1.71 bits per heavy atom. The number of nitrogens with one attached hydrogen (secondary N) is 2. The van der Waals surface area contributed by atoms with Gasteiger partial charge in [-0.1, -0.05) is 42.5 Å². The van der Waals surface area contributed by atoms with Gasteiger partial charge in [0, 0.05) is 25.2 Å². The Balaban J connectivity index is 1.53. The molecule has 0 fully saturated rings. The number of carbonyl (C=O) groups is 1. The molecule has 0 unspecified atom stereocenters. The first kappa shape index (κ1) is 24.5. The number of amides is 1. The maximum Gasteiger partial charge on any atom is 0.292 e. The van der Waals surface area contributed by atoms with E-state index in [2.05, 4.69) is 16.7 Å². The molecule has 3 aromatic carbocycles. The molecule has 0 aliphatic rings. The molecule has 2 N–H and O–H groups in total. The quantitative estimate of drug-likeness (QED) is 0.254. The van der Waals surface area contributed by atoms with Gasteiger partial charge < -0.3 is 20.1 Å². The van der Waals surface area contributed by atoms with E-state index in [0.29, 0.717) is 18.8 Å². The van der Waals surface area contributed by atoms with Crippen molar-refractivity contribution >= 4 is 23.4 Å². The van der Waals surface area contributed by atoms with Crippen molar-refractivity contribution in [3.8, 4) is 11.5 Å². The van der Waals surface area contributed by atoms with Gasteiger partial charge in [0.1, 0.15) is 5.69 Å². The van der Waals surface area contributed by atoms with Crippen molar-refractivity contribution in [2.45, 2.75) is 20.0 Å². The van der Waals surface area contributed by atoms with E-state index in [-0.39, 0.29) is 11.4 Å². The summed E-state index contributed by atoms with van der Waals surface area (Å²) in [5.74, 6) is 1.01. The molecule has 0 spiro atoms. The fourth-order valence-electron chi connectivity index (χ4n) is 3.51. The Labute approximate surface area is 198 Å². The third-order valence-electron chi connectivity index (χ3n) is 5.15. The molecule has 3 rings (SSSR count). The van der Waals surface area contributed by atoms with Gasteiger partial charge in [-0.3, -0.25) is 14.9 Å². The summed E-state index contributed by atoms with van der Waals surface area (Å²) in [5.41, 5.74) is 4.06. The van der Waals surface area contributed by atoms with Gasteiger partial charge in [-0.25, -0.2) is 0 Å². The number of anilines is 1. The van der Waals surface area contributed by atoms with Gasteiger partial charge in [-0.05, 0) is 47.4 Å². The molecule has 0 radical (unpaired) electrons. The molecule has 0 aliphatic carbocycles. The van der Waals surface area contributed by atoms with Gasteiger partial charge in [-0.2, -0.15) is 0 Å². The van der Waals surface area contributed by atoms with E-state index >= 15 is 0 Å². The van der Waals surface area contributed by atoms with Crippen LogP contribution in [0.3, 0.4) is 0 Å². The number of hydrogen-bond acceptors (Lipinski definition) is 6. The van der Waals surface area contributed by atoms with Crippen LogP contribution >= 0.6 is 0 Å². The van der Waals surface area contributed by atoms with Crippen molar-refractivity contribution in [1.82, 2.24) is 5.32 Å². The average Bonchev–Trinajstić information content (AvgIpc) is 2.83. The van der Waals surface area contributed by atoms with Crippen LogP contribution < -0.4 is 20.1 Å². The number of methoxy groups -OCH3 is 2. The third kappa shape index (κ3) is 6.43. The summed E-state index contributed by atoms with van der Waals surface area (Å²) >= 11 is 0. The smallest absolute Gasteiger partial charge is 0.292 e. The fraction of sp³-hybridized carbons (Fsp3) is 0.192. The molecule has 176 valence electrons. The Bertz CT molecular complexity index is 1190. The lowest BCUT2D eigenvalue weighted by Gasteiger charge is -2.13. The first-order valence-corrected chi connectivity index (χ1v) is 10.6. The van der Waals surface area contributed by atoms with Gasteiger partial charge >= 0.3 is 0 Å². The highest BCUT2D eigenvalue weighted by Gasteiger charge is 2.13. The molecule has 3 aromatic rings. The van der Waals surface area contributed by atoms with Crippen LogP contribution in [0, 0.1) is 17.0 Å². The van der Waals surface area contributed by atoms with Crippen molar-refractivity contribution in [3.63, 3.8) is 0 Å². The Hall–Kier alpha value is -4.17. The number of nitrogens with zero attached hydrogens (tertiary/aromatic N) is 1. The van der Waals surface area contributed by atoms with E-state index in [1.165, 1.54) is 18.2 Å². The van der Waals surface area contributed by atoms with E-state index in [4.69, 9.17) is 9.47 Å². The van der Waals surface area contributed by atoms with Crippen molar-refractivity contribution in [3.05, 3.63) is 99.1 Å². The second-order valence-corrected chi connectivity index (χ2v) is 7.59. The van der Waals surface area contributed by atoms with E-state index in [1.54, 1.807) is 32.4 Å². The zero-order valence-corrected chi connectivity index (χ0v) is 19.3. The fourth-order valence-corrected chi connectivity index (χ4v) is 3.51. The Kier molecular flexibility index (Phi) is 8.37. The molecule has 0 saturated carbocycles. The molecule has 0 atom stereocenters. The number of nitro groups is 1. The van der Waals surface area contributed by atoms with Gasteiger partial charge in [0.05, 0.1) is 19.1 Å². The number of aryl methyl sites for hydroxylation is 1. The molecule has 0 heterocycles. The van der Waals surface area contributed by atoms with Crippen molar-refractivity contribution in [1.29, 1.82) is 0 Å². The Morgan fingerprint density at radius 3 is 2.38 bits per heavy atom. The highest BCUT2D eigenvalue weighted by molar-refractivity contribution is 6.03. The summed E-state index contributed by atoms with van der Waals surface area (Å²) in [4.78, 5) is 22.7. The first-order chi connectivity index (χ1) is 16.4. The minimum absolute atomic E-state index is 0.149. The van der Waals surface area contributed by atoms with E-state index in [1.807, 2.05) is 37.3 Å². The van der Waals surface area contributed by atoms with Gasteiger partial charge in [0.15, 0.2) is 11.5 Å². The lowest BCUT2D eigenvalue weighted by molar-refractivity contribution is -0.383. The van der Waals surface area contributed by atoms with Crippen molar-refractivity contribution < 1.29 is 19.2 Å². The topological polar surface area (TPSA) is 103 Å². The lowest BCUT2D eigenvalue weighted by Crippen LogP contribution is -2.13. The number of para-hydroxylation sites is 2. The monoisotopic (exact) mass is 461 g/mol. The lowest BCUT2D eigenvalue weighted by atomic mass is 10.1. The third-order valence-corrected chi connectivity index (χ3v) is 5.15. The normalized spacial score (nSPS) is 10.8. The zero-order chi connectivity index (χ0) is 24.5. The molecule has 34 heavy (non-hydrogen) atoms. The van der Waals surface area contributed by atoms with Gasteiger partial charge in [-0.15, -0.1) is 0 Å². The molecule has 0 aliphatic heterocycles. The molecule has 0 saturated heterocycles. The minimum atomic E-state index is -0.529. The van der Waals surface area contributed by atoms with Crippen LogP contribution in [0.4, 0.5) is 11.4 Å². The average molecular weight is 462 g/mol. The number of carbonyl (C=O) groups excluding carboxylic acids is 1. The highest BCUT2D eigenvalue weighted by atomic mass is 16.6. The summed E-state index contributed by atoms with van der Waals surface area (Å²) in [6, 6.07) is 17.8. The second kappa shape index (κ2) is 11.6. The number of ether oxygens (including phenoxy) is 2. The summed E-state index contributed by atoms with van der Waals surface area (Å²) in [5, 5.41) is 17.0. The van der Waals surface area contributed by atoms with Crippen LogP contribution in [0.2, 0.25) is 0 Å². The van der Waals surface area contributed by atoms with E-state index in [9.17, 15) is 14.9 Å². The van der Waals surface area contributed by atoms with Gasteiger partial charge in [0.2, 0.25) is 5.91 Å².